The summed E-state index contributed by atoms with van der Waals surface area (Å²) in [5, 5.41) is 14.9. The second kappa shape index (κ2) is 11.3. The first-order valence-corrected chi connectivity index (χ1v) is 16.0. The van der Waals surface area contributed by atoms with Crippen LogP contribution in [-0.2, 0) is 0 Å². The Morgan fingerprint density at radius 3 is 2.94 bits per heavy atom. The van der Waals surface area contributed by atoms with Gasteiger partial charge in [-0.25, -0.2) is 8.78 Å². The summed E-state index contributed by atoms with van der Waals surface area (Å²) >= 11 is 0. The summed E-state index contributed by atoms with van der Waals surface area (Å²) in [5.74, 6) is 0.803. The molecule has 8 nitrogen and oxygen atoms in total. The van der Waals surface area contributed by atoms with Gasteiger partial charge in [0.15, 0.2) is 5.82 Å². The lowest BCUT2D eigenvalue weighted by molar-refractivity contribution is 0.108. The van der Waals surface area contributed by atoms with Gasteiger partial charge in [0.2, 0.25) is 0 Å². The summed E-state index contributed by atoms with van der Waals surface area (Å²) in [7, 11) is 0. The topological polar surface area (TPSA) is 86.6 Å². The van der Waals surface area contributed by atoms with Gasteiger partial charge < -0.3 is 20.1 Å². The molecule has 4 fully saturated rings. The number of fused-ring (bicyclic) bond motifs is 5. The van der Waals surface area contributed by atoms with Gasteiger partial charge in [-0.1, -0.05) is 18.8 Å². The Labute approximate surface area is 279 Å². The van der Waals surface area contributed by atoms with Crippen molar-refractivity contribution < 1.29 is 31.5 Å². The second-order valence-electron chi connectivity index (χ2n) is 13.5. The highest BCUT2D eigenvalue weighted by Crippen LogP contribution is 2.44. The number of aromatic nitrogens is 3. The Kier molecular flexibility index (Phi) is 6.48. The second-order valence-corrected chi connectivity index (χ2v) is 13.5. The van der Waals surface area contributed by atoms with Crippen molar-refractivity contribution in [1.82, 2.24) is 25.2 Å². The van der Waals surface area contributed by atoms with Crippen LogP contribution in [0.4, 0.5) is 23.4 Å². The Bertz CT molecular complexity index is 2170. The minimum atomic E-state index is -2.20. The van der Waals surface area contributed by atoms with Gasteiger partial charge in [0.05, 0.1) is 16.5 Å². The maximum atomic E-state index is 17.0. The van der Waals surface area contributed by atoms with Crippen LogP contribution in [0.5, 0.6) is 11.8 Å². The van der Waals surface area contributed by atoms with Crippen molar-refractivity contribution >= 4 is 27.5 Å². The lowest BCUT2D eigenvalue weighted by Gasteiger charge is -2.42. The van der Waals surface area contributed by atoms with E-state index in [4.69, 9.17) is 20.3 Å². The molecule has 248 valence electrons. The van der Waals surface area contributed by atoms with Crippen LogP contribution in [0.15, 0.2) is 42.1 Å². The molecule has 0 radical (unpaired) electrons. The van der Waals surface area contributed by atoms with Crippen molar-refractivity contribution in [3.8, 4) is 35.4 Å². The predicted molar refractivity (Wildman–Crippen MR) is 174 cm³/mol. The number of benzene rings is 2. The molecule has 0 unspecified atom stereocenters. The molecule has 2 aromatic heterocycles. The molecule has 0 spiro atoms. The maximum absolute atomic E-state index is 17.0. The standard InChI is InChI=1S/C36H34F4N6O2/c1-3-24-27(37)7-6-20-12-23(47)13-25(28(20)24)30-29(38)31-26(15-41-30)33(45-17-22-8-10-35(4-2,18-45)44-22)43-34(42-31)48-19-36-9-5-11-46(36)16-21(14-36)32(39)40/h1,6-7,12-13,15,22,44,47H,4-5,8-11,14,16-19H2,2H3/t22-,35+,36-/m0/s1/i2D3. The summed E-state index contributed by atoms with van der Waals surface area (Å²) in [6.07, 6.45) is 8.25. The van der Waals surface area contributed by atoms with Crippen LogP contribution in [0.1, 0.15) is 55.1 Å². The third kappa shape index (κ3) is 4.86. The van der Waals surface area contributed by atoms with E-state index in [2.05, 4.69) is 21.2 Å². The van der Waals surface area contributed by atoms with Gasteiger partial charge in [0, 0.05) is 58.0 Å². The Morgan fingerprint density at radius 1 is 1.25 bits per heavy atom. The number of nitrogens with zero attached hydrogens (tertiary/aromatic N) is 5. The molecule has 4 aliphatic rings. The monoisotopic (exact) mass is 661 g/mol. The van der Waals surface area contributed by atoms with E-state index in [9.17, 15) is 18.3 Å². The fourth-order valence-electron chi connectivity index (χ4n) is 8.27. The molecule has 6 heterocycles. The fraction of sp³-hybridized carbons (Fsp3) is 0.417. The number of anilines is 1. The Morgan fingerprint density at radius 2 is 2.12 bits per heavy atom. The number of hydrogen-bond acceptors (Lipinski definition) is 8. The molecule has 12 heteroatoms. The highest BCUT2D eigenvalue weighted by atomic mass is 19.3. The molecule has 0 amide bonds. The lowest BCUT2D eigenvalue weighted by Crippen LogP contribution is -2.59. The van der Waals surface area contributed by atoms with Crippen molar-refractivity contribution in [1.29, 1.82) is 0 Å². The lowest BCUT2D eigenvalue weighted by atomic mass is 9.93. The van der Waals surface area contributed by atoms with Crippen LogP contribution in [0.25, 0.3) is 32.9 Å². The third-order valence-corrected chi connectivity index (χ3v) is 10.6. The molecule has 0 saturated carbocycles. The van der Waals surface area contributed by atoms with Gasteiger partial charge in [-0.05, 0) is 68.7 Å². The van der Waals surface area contributed by atoms with Gasteiger partial charge >= 0.3 is 6.01 Å². The molecule has 3 atom stereocenters. The largest absolute Gasteiger partial charge is 0.508 e. The molecule has 8 rings (SSSR count). The summed E-state index contributed by atoms with van der Waals surface area (Å²) < 4.78 is 89.5. The first-order valence-electron chi connectivity index (χ1n) is 17.5. The number of nitrogens with one attached hydrogen (secondary N) is 1. The van der Waals surface area contributed by atoms with Crippen LogP contribution >= 0.6 is 0 Å². The summed E-state index contributed by atoms with van der Waals surface area (Å²) in [5.41, 5.74) is -1.85. The number of piperazine rings is 1. The van der Waals surface area contributed by atoms with Crippen molar-refractivity contribution in [3.05, 3.63) is 59.3 Å². The summed E-state index contributed by atoms with van der Waals surface area (Å²) in [4.78, 5) is 17.6. The van der Waals surface area contributed by atoms with E-state index in [1.807, 2.05) is 9.80 Å². The number of phenols is 1. The van der Waals surface area contributed by atoms with Gasteiger partial charge in [0.1, 0.15) is 35.2 Å². The zero-order valence-corrected chi connectivity index (χ0v) is 25.9. The van der Waals surface area contributed by atoms with E-state index in [0.29, 0.717) is 31.3 Å². The van der Waals surface area contributed by atoms with E-state index in [1.165, 1.54) is 30.5 Å². The SMILES string of the molecule is [2H]C([2H])([2H])C[C@@]12CC[C@@H](CN(c3nc(OC[C@@]45CCCN4CC(=C(F)F)C5)nc4c(F)c(-c5cc(O)cc6ccc(F)c(C#C)c56)ncc34)C1)N2. The van der Waals surface area contributed by atoms with Crippen molar-refractivity contribution in [2.75, 3.05) is 37.7 Å². The quantitative estimate of drug-likeness (QED) is 0.184. The number of aromatic hydroxyl groups is 1. The van der Waals surface area contributed by atoms with Gasteiger partial charge in [-0.2, -0.15) is 18.7 Å². The number of phenolic OH excluding ortho intramolecular Hbond substituents is 1. The molecular weight excluding hydrogens is 624 g/mol. The minimum Gasteiger partial charge on any atom is -0.508 e. The van der Waals surface area contributed by atoms with Gasteiger partial charge in [0.25, 0.3) is 6.08 Å². The molecule has 48 heavy (non-hydrogen) atoms. The predicted octanol–water partition coefficient (Wildman–Crippen LogP) is 6.30. The average molecular weight is 662 g/mol. The van der Waals surface area contributed by atoms with E-state index in [1.54, 1.807) is 0 Å². The smallest absolute Gasteiger partial charge is 0.319 e. The van der Waals surface area contributed by atoms with E-state index in [-0.39, 0.29) is 94.8 Å². The third-order valence-electron chi connectivity index (χ3n) is 10.6. The minimum absolute atomic E-state index is 0.0105. The number of ether oxygens (including phenoxy) is 1. The fourth-order valence-corrected chi connectivity index (χ4v) is 8.27. The molecule has 4 aromatic rings. The summed E-state index contributed by atoms with van der Waals surface area (Å²) in [6.45, 7) is -0.716. The molecule has 2 aromatic carbocycles. The first kappa shape index (κ1) is 27.5. The molecule has 2 N–H and O–H groups in total. The molecule has 0 aliphatic carbocycles. The Hall–Kier alpha value is -4.47. The normalized spacial score (nSPS) is 26.4. The van der Waals surface area contributed by atoms with Crippen LogP contribution in [0.2, 0.25) is 0 Å². The molecule has 4 aliphatic heterocycles. The van der Waals surface area contributed by atoms with E-state index in [0.717, 1.165) is 12.8 Å². The van der Waals surface area contributed by atoms with Crippen LogP contribution in [-0.4, -0.2) is 74.9 Å². The molecular formula is C36H34F4N6O2. The number of terminal acetylenes is 1. The first-order chi connectivity index (χ1) is 24.3. The maximum Gasteiger partial charge on any atom is 0.319 e. The van der Waals surface area contributed by atoms with Crippen molar-refractivity contribution in [2.45, 2.75) is 62.5 Å². The van der Waals surface area contributed by atoms with E-state index >= 15 is 4.39 Å². The zero-order valence-electron chi connectivity index (χ0n) is 28.9. The molecule has 4 saturated heterocycles. The number of halogens is 4. The van der Waals surface area contributed by atoms with Gasteiger partial charge in [-0.3, -0.25) is 9.88 Å². The number of hydrogen-bond donors (Lipinski definition) is 2. The van der Waals surface area contributed by atoms with Crippen LogP contribution in [0, 0.1) is 24.0 Å². The van der Waals surface area contributed by atoms with Crippen LogP contribution < -0.4 is 15.0 Å². The van der Waals surface area contributed by atoms with Crippen molar-refractivity contribution in [3.63, 3.8) is 0 Å². The summed E-state index contributed by atoms with van der Waals surface area (Å²) in [6, 6.07) is 5.02. The van der Waals surface area contributed by atoms with Crippen LogP contribution in [0.3, 0.4) is 0 Å². The van der Waals surface area contributed by atoms with E-state index < -0.39 is 35.6 Å². The average Bonchev–Trinajstić information content (AvgIpc) is 3.72. The highest BCUT2D eigenvalue weighted by Gasteiger charge is 2.49. The van der Waals surface area contributed by atoms with Gasteiger partial charge in [-0.15, -0.1) is 6.42 Å². The zero-order chi connectivity index (χ0) is 35.9. The Balaban J connectivity index is 1.27. The number of pyridine rings is 1. The van der Waals surface area contributed by atoms with Crippen molar-refractivity contribution in [2.24, 2.45) is 0 Å². The highest BCUT2D eigenvalue weighted by molar-refractivity contribution is 6.03. The number of rotatable bonds is 6. The molecule has 2 bridgehead atoms.